The number of sulfonamides is 1. The van der Waals surface area contributed by atoms with Crippen LogP contribution < -0.4 is 5.73 Å². The number of nitrogens with two attached hydrogens (primary N) is 1. The Morgan fingerprint density at radius 2 is 1.63 bits per heavy atom. The van der Waals surface area contributed by atoms with E-state index in [1.165, 1.54) is 0 Å². The lowest BCUT2D eigenvalue weighted by molar-refractivity contribution is 0.181. The Bertz CT molecular complexity index is 920. The Morgan fingerprint density at radius 3 is 2.26 bits per heavy atom. The Hall–Kier alpha value is -1.81. The molecule has 0 unspecified atom stereocenters. The number of anilines is 1. The summed E-state index contributed by atoms with van der Waals surface area (Å²) < 4.78 is 66.5. The standard InChI is InChI=1S/C17H18F3N3O2S.ClH/c18-14-4-5-15(17(20)16(14)19)26(24,25)23-8-6-22(7-9-23)11-12-2-1-3-13(21)10-12;/h1-5,10H,6-9,11,21H2;1H. The van der Waals surface area contributed by atoms with Crippen LogP contribution in [-0.2, 0) is 16.6 Å². The molecule has 1 aliphatic rings. The van der Waals surface area contributed by atoms with Gasteiger partial charge in [-0.1, -0.05) is 12.1 Å². The molecular formula is C17H19ClF3N3O2S. The maximum Gasteiger partial charge on any atom is 0.246 e. The number of hydrogen-bond acceptors (Lipinski definition) is 4. The molecule has 2 aromatic rings. The van der Waals surface area contributed by atoms with Crippen LogP contribution in [0.1, 0.15) is 5.56 Å². The molecule has 0 aromatic heterocycles. The van der Waals surface area contributed by atoms with Crippen molar-refractivity contribution in [3.63, 3.8) is 0 Å². The van der Waals surface area contributed by atoms with Crippen molar-refractivity contribution in [3.8, 4) is 0 Å². The van der Waals surface area contributed by atoms with E-state index in [4.69, 9.17) is 5.73 Å². The van der Waals surface area contributed by atoms with Gasteiger partial charge < -0.3 is 5.73 Å². The molecule has 0 amide bonds. The summed E-state index contributed by atoms with van der Waals surface area (Å²) in [4.78, 5) is 1.20. The van der Waals surface area contributed by atoms with E-state index >= 15 is 0 Å². The highest BCUT2D eigenvalue weighted by atomic mass is 35.5. The van der Waals surface area contributed by atoms with Gasteiger partial charge in [-0.2, -0.15) is 4.31 Å². The summed E-state index contributed by atoms with van der Waals surface area (Å²) in [5.74, 6) is -4.90. The number of piperazine rings is 1. The Balaban J connectivity index is 0.00000261. The third kappa shape index (κ3) is 4.55. The van der Waals surface area contributed by atoms with Crippen LogP contribution >= 0.6 is 12.4 Å². The topological polar surface area (TPSA) is 66.6 Å². The van der Waals surface area contributed by atoms with E-state index in [2.05, 4.69) is 0 Å². The molecule has 27 heavy (non-hydrogen) atoms. The van der Waals surface area contributed by atoms with E-state index < -0.39 is 32.4 Å². The zero-order valence-corrected chi connectivity index (χ0v) is 15.9. The summed E-state index contributed by atoms with van der Waals surface area (Å²) in [5.41, 5.74) is 7.40. The summed E-state index contributed by atoms with van der Waals surface area (Å²) >= 11 is 0. The van der Waals surface area contributed by atoms with Crippen LogP contribution in [0.4, 0.5) is 18.9 Å². The predicted molar refractivity (Wildman–Crippen MR) is 98.5 cm³/mol. The van der Waals surface area contributed by atoms with Gasteiger partial charge in [0.2, 0.25) is 10.0 Å². The highest BCUT2D eigenvalue weighted by molar-refractivity contribution is 7.89. The number of rotatable bonds is 4. The van der Waals surface area contributed by atoms with Gasteiger partial charge in [0.25, 0.3) is 0 Å². The van der Waals surface area contributed by atoms with Gasteiger partial charge in [-0.15, -0.1) is 12.4 Å². The van der Waals surface area contributed by atoms with Crippen molar-refractivity contribution in [1.29, 1.82) is 0 Å². The van der Waals surface area contributed by atoms with E-state index in [0.717, 1.165) is 15.9 Å². The minimum absolute atomic E-state index is 0. The van der Waals surface area contributed by atoms with E-state index in [-0.39, 0.29) is 25.5 Å². The first-order valence-electron chi connectivity index (χ1n) is 7.99. The molecule has 1 fully saturated rings. The van der Waals surface area contributed by atoms with Crippen molar-refractivity contribution < 1.29 is 21.6 Å². The third-order valence-corrected chi connectivity index (χ3v) is 6.22. The average Bonchev–Trinajstić information content (AvgIpc) is 2.60. The van der Waals surface area contributed by atoms with Gasteiger partial charge in [-0.3, -0.25) is 4.90 Å². The monoisotopic (exact) mass is 421 g/mol. The smallest absolute Gasteiger partial charge is 0.246 e. The fraction of sp³-hybridized carbons (Fsp3) is 0.294. The fourth-order valence-corrected chi connectivity index (χ4v) is 4.40. The minimum Gasteiger partial charge on any atom is -0.399 e. The molecule has 0 saturated carbocycles. The van der Waals surface area contributed by atoms with Gasteiger partial charge in [-0.05, 0) is 29.8 Å². The van der Waals surface area contributed by atoms with Gasteiger partial charge in [-0.25, -0.2) is 21.6 Å². The highest BCUT2D eigenvalue weighted by Crippen LogP contribution is 2.24. The first-order chi connectivity index (χ1) is 12.3. The molecule has 1 aliphatic heterocycles. The number of benzene rings is 2. The van der Waals surface area contributed by atoms with Crippen LogP contribution in [0.5, 0.6) is 0 Å². The summed E-state index contributed by atoms with van der Waals surface area (Å²) in [6.45, 7) is 1.73. The summed E-state index contributed by atoms with van der Waals surface area (Å²) in [6, 6.07) is 8.76. The van der Waals surface area contributed by atoms with Crippen molar-refractivity contribution in [1.82, 2.24) is 9.21 Å². The van der Waals surface area contributed by atoms with Crippen LogP contribution in [0, 0.1) is 17.5 Å². The van der Waals surface area contributed by atoms with Crippen molar-refractivity contribution in [2.24, 2.45) is 0 Å². The molecule has 0 aliphatic carbocycles. The zero-order valence-electron chi connectivity index (χ0n) is 14.2. The first-order valence-corrected chi connectivity index (χ1v) is 9.43. The average molecular weight is 422 g/mol. The van der Waals surface area contributed by atoms with Crippen LogP contribution in [0.3, 0.4) is 0 Å². The summed E-state index contributed by atoms with van der Waals surface area (Å²) in [5, 5.41) is 0. The molecule has 1 heterocycles. The number of nitrogen functional groups attached to an aromatic ring is 1. The molecule has 1 saturated heterocycles. The van der Waals surface area contributed by atoms with Gasteiger partial charge in [0, 0.05) is 38.4 Å². The molecule has 0 atom stereocenters. The Kier molecular flexibility index (Phi) is 6.74. The fourth-order valence-electron chi connectivity index (χ4n) is 2.92. The Labute approximate surface area is 162 Å². The molecule has 10 heteroatoms. The van der Waals surface area contributed by atoms with Gasteiger partial charge in [0.15, 0.2) is 17.5 Å². The molecule has 0 spiro atoms. The largest absolute Gasteiger partial charge is 0.399 e. The lowest BCUT2D eigenvalue weighted by Crippen LogP contribution is -2.48. The first kappa shape index (κ1) is 21.5. The van der Waals surface area contributed by atoms with E-state index in [1.54, 1.807) is 6.07 Å². The second-order valence-corrected chi connectivity index (χ2v) is 8.01. The molecule has 5 nitrogen and oxygen atoms in total. The summed E-state index contributed by atoms with van der Waals surface area (Å²) in [7, 11) is -4.23. The van der Waals surface area contributed by atoms with Crippen LogP contribution in [-0.4, -0.2) is 43.8 Å². The normalized spacial score (nSPS) is 16.1. The molecule has 0 bridgehead atoms. The quantitative estimate of drug-likeness (QED) is 0.608. The number of halogens is 4. The Morgan fingerprint density at radius 1 is 0.963 bits per heavy atom. The predicted octanol–water partition coefficient (Wildman–Crippen LogP) is 2.61. The SMILES string of the molecule is Cl.Nc1cccc(CN2CCN(S(=O)(=O)c3ccc(F)c(F)c3F)CC2)c1. The minimum atomic E-state index is -4.23. The van der Waals surface area contributed by atoms with Gasteiger partial charge in [0.05, 0.1) is 0 Å². The highest BCUT2D eigenvalue weighted by Gasteiger charge is 2.32. The van der Waals surface area contributed by atoms with E-state index in [0.29, 0.717) is 31.4 Å². The maximum absolute atomic E-state index is 13.9. The maximum atomic E-state index is 13.9. The molecular weight excluding hydrogens is 403 g/mol. The second kappa shape index (κ2) is 8.47. The number of nitrogens with zero attached hydrogens (tertiary/aromatic N) is 2. The van der Waals surface area contributed by atoms with Crippen molar-refractivity contribution >= 4 is 28.1 Å². The van der Waals surface area contributed by atoms with E-state index in [9.17, 15) is 21.6 Å². The zero-order chi connectivity index (χ0) is 18.9. The summed E-state index contributed by atoms with van der Waals surface area (Å²) in [6.07, 6.45) is 0. The van der Waals surface area contributed by atoms with Gasteiger partial charge >= 0.3 is 0 Å². The lowest BCUT2D eigenvalue weighted by Gasteiger charge is -2.34. The van der Waals surface area contributed by atoms with Crippen LogP contribution in [0.2, 0.25) is 0 Å². The molecule has 3 rings (SSSR count). The van der Waals surface area contributed by atoms with Crippen molar-refractivity contribution in [3.05, 3.63) is 59.4 Å². The van der Waals surface area contributed by atoms with E-state index in [1.807, 2.05) is 23.1 Å². The molecule has 2 aromatic carbocycles. The van der Waals surface area contributed by atoms with Gasteiger partial charge in [0.1, 0.15) is 4.90 Å². The number of hydrogen-bond donors (Lipinski definition) is 1. The lowest BCUT2D eigenvalue weighted by atomic mass is 10.2. The second-order valence-electron chi connectivity index (χ2n) is 6.10. The van der Waals surface area contributed by atoms with Crippen LogP contribution in [0.15, 0.2) is 41.3 Å². The molecule has 0 radical (unpaired) electrons. The van der Waals surface area contributed by atoms with Crippen molar-refractivity contribution in [2.75, 3.05) is 31.9 Å². The van der Waals surface area contributed by atoms with Crippen molar-refractivity contribution in [2.45, 2.75) is 11.4 Å². The molecule has 148 valence electrons. The molecule has 2 N–H and O–H groups in total. The van der Waals surface area contributed by atoms with Crippen LogP contribution in [0.25, 0.3) is 0 Å². The third-order valence-electron chi connectivity index (χ3n) is 4.31.